The third-order valence-electron chi connectivity index (χ3n) is 2.38. The Hall–Kier alpha value is -2.21. The summed E-state index contributed by atoms with van der Waals surface area (Å²) in [6.45, 7) is 3.98. The molecule has 0 atom stereocenters. The van der Waals surface area contributed by atoms with E-state index in [9.17, 15) is 0 Å². The number of pyridine rings is 1. The van der Waals surface area contributed by atoms with Gasteiger partial charge < -0.3 is 4.74 Å². The molecule has 2 aromatic heterocycles. The summed E-state index contributed by atoms with van der Waals surface area (Å²) in [4.78, 5) is 12.4. The maximum Gasteiger partial charge on any atom is 0.240 e. The maximum absolute atomic E-state index is 5.69. The number of nitrogens with zero attached hydrogens (tertiary/aromatic N) is 3. The van der Waals surface area contributed by atoms with Gasteiger partial charge in [-0.25, -0.2) is 10.8 Å². The van der Waals surface area contributed by atoms with Crippen LogP contribution in [0.25, 0.3) is 0 Å². The first-order valence-electron chi connectivity index (χ1n) is 5.67. The minimum Gasteiger partial charge on any atom is -0.437 e. The van der Waals surface area contributed by atoms with Gasteiger partial charge in [0, 0.05) is 18.0 Å². The third-order valence-corrected chi connectivity index (χ3v) is 2.38. The number of hydrazine groups is 1. The summed E-state index contributed by atoms with van der Waals surface area (Å²) in [5.74, 6) is 6.68. The summed E-state index contributed by atoms with van der Waals surface area (Å²) in [5.41, 5.74) is 4.24. The SMILES string of the molecule is CCc1nc(C)ccc1Oc1ccnc(NN)n1. The van der Waals surface area contributed by atoms with Gasteiger partial charge in [-0.2, -0.15) is 4.98 Å². The van der Waals surface area contributed by atoms with Crippen LogP contribution in [0.3, 0.4) is 0 Å². The fraction of sp³-hybridized carbons (Fsp3) is 0.250. The molecule has 0 amide bonds. The van der Waals surface area contributed by atoms with E-state index >= 15 is 0 Å². The lowest BCUT2D eigenvalue weighted by Crippen LogP contribution is -2.10. The minimum atomic E-state index is 0.311. The molecule has 18 heavy (non-hydrogen) atoms. The van der Waals surface area contributed by atoms with E-state index in [-0.39, 0.29) is 0 Å². The second-order valence-corrected chi connectivity index (χ2v) is 3.72. The molecule has 6 nitrogen and oxygen atoms in total. The molecule has 2 aromatic rings. The zero-order valence-electron chi connectivity index (χ0n) is 10.3. The number of hydrogen-bond acceptors (Lipinski definition) is 6. The number of aryl methyl sites for hydroxylation is 2. The molecule has 0 saturated carbocycles. The second kappa shape index (κ2) is 5.42. The van der Waals surface area contributed by atoms with Gasteiger partial charge in [-0.3, -0.25) is 10.4 Å². The van der Waals surface area contributed by atoms with E-state index in [1.165, 1.54) is 0 Å². The van der Waals surface area contributed by atoms with Crippen molar-refractivity contribution in [1.29, 1.82) is 0 Å². The van der Waals surface area contributed by atoms with Gasteiger partial charge in [-0.15, -0.1) is 0 Å². The number of rotatable bonds is 4. The fourth-order valence-corrected chi connectivity index (χ4v) is 1.53. The van der Waals surface area contributed by atoms with E-state index in [0.29, 0.717) is 17.6 Å². The van der Waals surface area contributed by atoms with Crippen molar-refractivity contribution in [3.8, 4) is 11.6 Å². The smallest absolute Gasteiger partial charge is 0.240 e. The minimum absolute atomic E-state index is 0.311. The Labute approximate surface area is 105 Å². The van der Waals surface area contributed by atoms with Crippen molar-refractivity contribution in [1.82, 2.24) is 15.0 Å². The van der Waals surface area contributed by atoms with Crippen molar-refractivity contribution in [3.63, 3.8) is 0 Å². The number of nitrogen functional groups attached to an aromatic ring is 1. The molecule has 0 radical (unpaired) electrons. The number of anilines is 1. The third kappa shape index (κ3) is 2.72. The van der Waals surface area contributed by atoms with Crippen LogP contribution in [0.1, 0.15) is 18.3 Å². The van der Waals surface area contributed by atoms with Gasteiger partial charge in [-0.1, -0.05) is 6.92 Å². The zero-order valence-corrected chi connectivity index (χ0v) is 10.3. The van der Waals surface area contributed by atoms with Gasteiger partial charge in [0.15, 0.2) is 5.75 Å². The number of nitrogens with one attached hydrogen (secondary N) is 1. The van der Waals surface area contributed by atoms with Crippen molar-refractivity contribution in [2.75, 3.05) is 5.43 Å². The normalized spacial score (nSPS) is 10.2. The number of hydrogen-bond donors (Lipinski definition) is 2. The lowest BCUT2D eigenvalue weighted by atomic mass is 10.2. The molecule has 0 saturated heterocycles. The Bertz CT molecular complexity index is 544. The van der Waals surface area contributed by atoms with Crippen molar-refractivity contribution in [2.24, 2.45) is 5.84 Å². The predicted molar refractivity (Wildman–Crippen MR) is 68.3 cm³/mol. The van der Waals surface area contributed by atoms with Crippen LogP contribution >= 0.6 is 0 Å². The highest BCUT2D eigenvalue weighted by Crippen LogP contribution is 2.23. The average Bonchev–Trinajstić information content (AvgIpc) is 2.41. The van der Waals surface area contributed by atoms with Gasteiger partial charge in [0.25, 0.3) is 0 Å². The molecular formula is C12H15N5O. The first-order chi connectivity index (χ1) is 8.72. The summed E-state index contributed by atoms with van der Waals surface area (Å²) in [7, 11) is 0. The molecule has 3 N–H and O–H groups in total. The van der Waals surface area contributed by atoms with Crippen molar-refractivity contribution in [2.45, 2.75) is 20.3 Å². The Balaban J connectivity index is 2.27. The summed E-state index contributed by atoms with van der Waals surface area (Å²) in [6.07, 6.45) is 2.37. The first-order valence-corrected chi connectivity index (χ1v) is 5.67. The maximum atomic E-state index is 5.69. The highest BCUT2D eigenvalue weighted by molar-refractivity contribution is 5.34. The highest BCUT2D eigenvalue weighted by Gasteiger charge is 2.07. The largest absolute Gasteiger partial charge is 0.437 e. The lowest BCUT2D eigenvalue weighted by molar-refractivity contribution is 0.453. The molecule has 2 rings (SSSR count). The Kier molecular flexibility index (Phi) is 3.69. The molecule has 2 heterocycles. The molecule has 0 fully saturated rings. The number of nitrogens with two attached hydrogens (primary N) is 1. The van der Waals surface area contributed by atoms with Gasteiger partial charge in [0.1, 0.15) is 0 Å². The standard InChI is InChI=1S/C12H15N5O/c1-3-9-10(5-4-8(2)15-9)18-11-6-7-14-12(16-11)17-13/h4-7H,3,13H2,1-2H3,(H,14,16,17). The van der Waals surface area contributed by atoms with Crippen LogP contribution in [0.4, 0.5) is 5.95 Å². The molecule has 94 valence electrons. The van der Waals surface area contributed by atoms with Crippen LogP contribution in [0, 0.1) is 6.92 Å². The molecule has 0 bridgehead atoms. The first kappa shape index (κ1) is 12.3. The van der Waals surface area contributed by atoms with Gasteiger partial charge in [0.05, 0.1) is 5.69 Å². The molecule has 0 aromatic carbocycles. The van der Waals surface area contributed by atoms with Crippen LogP contribution in [-0.4, -0.2) is 15.0 Å². The van der Waals surface area contributed by atoms with Crippen molar-refractivity contribution in [3.05, 3.63) is 35.8 Å². The molecule has 0 aliphatic rings. The predicted octanol–water partition coefficient (Wildman–Crippen LogP) is 1.82. The fourth-order valence-electron chi connectivity index (χ4n) is 1.53. The van der Waals surface area contributed by atoms with Crippen LogP contribution < -0.4 is 16.0 Å². The van der Waals surface area contributed by atoms with E-state index in [4.69, 9.17) is 10.6 Å². The Morgan fingerprint density at radius 3 is 2.83 bits per heavy atom. The van der Waals surface area contributed by atoms with Crippen molar-refractivity contribution < 1.29 is 4.74 Å². The van der Waals surface area contributed by atoms with Gasteiger partial charge >= 0.3 is 0 Å². The molecule has 6 heteroatoms. The van der Waals surface area contributed by atoms with Crippen molar-refractivity contribution >= 4 is 5.95 Å². The van der Waals surface area contributed by atoms with Crippen LogP contribution in [-0.2, 0) is 6.42 Å². The zero-order chi connectivity index (χ0) is 13.0. The van der Waals surface area contributed by atoms with Crippen LogP contribution in [0.15, 0.2) is 24.4 Å². The van der Waals surface area contributed by atoms with E-state index in [1.807, 2.05) is 26.0 Å². The Morgan fingerprint density at radius 2 is 2.11 bits per heavy atom. The lowest BCUT2D eigenvalue weighted by Gasteiger charge is -2.09. The molecule has 0 aliphatic carbocycles. The monoisotopic (exact) mass is 245 g/mol. The molecule has 0 spiro atoms. The molecule has 0 aliphatic heterocycles. The van der Waals surface area contributed by atoms with E-state index in [2.05, 4.69) is 20.4 Å². The summed E-state index contributed by atoms with van der Waals surface area (Å²) in [5, 5.41) is 0. The summed E-state index contributed by atoms with van der Waals surface area (Å²) < 4.78 is 5.69. The Morgan fingerprint density at radius 1 is 1.28 bits per heavy atom. The highest BCUT2D eigenvalue weighted by atomic mass is 16.5. The van der Waals surface area contributed by atoms with E-state index in [0.717, 1.165) is 17.8 Å². The van der Waals surface area contributed by atoms with E-state index < -0.39 is 0 Å². The summed E-state index contributed by atoms with van der Waals surface area (Å²) in [6, 6.07) is 5.46. The molecular weight excluding hydrogens is 230 g/mol. The number of ether oxygens (including phenoxy) is 1. The van der Waals surface area contributed by atoms with Crippen LogP contribution in [0.5, 0.6) is 11.6 Å². The number of aromatic nitrogens is 3. The van der Waals surface area contributed by atoms with Gasteiger partial charge in [0.2, 0.25) is 11.8 Å². The second-order valence-electron chi connectivity index (χ2n) is 3.72. The summed E-state index contributed by atoms with van der Waals surface area (Å²) >= 11 is 0. The van der Waals surface area contributed by atoms with Gasteiger partial charge in [-0.05, 0) is 25.5 Å². The average molecular weight is 245 g/mol. The quantitative estimate of drug-likeness (QED) is 0.631. The van der Waals surface area contributed by atoms with E-state index in [1.54, 1.807) is 12.3 Å². The van der Waals surface area contributed by atoms with Crippen LogP contribution in [0.2, 0.25) is 0 Å². The molecule has 0 unspecified atom stereocenters. The topological polar surface area (TPSA) is 86.0 Å².